The summed E-state index contributed by atoms with van der Waals surface area (Å²) >= 11 is 6.00. The van der Waals surface area contributed by atoms with Crippen molar-refractivity contribution in [2.45, 2.75) is 51.0 Å². The van der Waals surface area contributed by atoms with Gasteiger partial charge in [-0.25, -0.2) is 19.7 Å². The third-order valence-corrected chi connectivity index (χ3v) is 7.95. The fraction of sp³-hybridized carbons (Fsp3) is 0.379. The number of aromatic nitrogens is 7. The van der Waals surface area contributed by atoms with Crippen LogP contribution in [0.25, 0.3) is 22.6 Å². The smallest absolute Gasteiger partial charge is 0.439 e. The van der Waals surface area contributed by atoms with E-state index in [9.17, 15) is 4.79 Å². The van der Waals surface area contributed by atoms with Gasteiger partial charge in [0.15, 0.2) is 11.5 Å². The first kappa shape index (κ1) is 26.7. The molecule has 42 heavy (non-hydrogen) atoms. The van der Waals surface area contributed by atoms with Crippen molar-refractivity contribution < 1.29 is 14.0 Å². The largest absolute Gasteiger partial charge is 0.474 e. The number of piperidine rings is 1. The molecule has 216 valence electrons. The van der Waals surface area contributed by atoms with Crippen LogP contribution in [0.3, 0.4) is 0 Å². The number of benzene rings is 1. The lowest BCUT2D eigenvalue weighted by Crippen LogP contribution is -2.39. The maximum atomic E-state index is 11.4. The fourth-order valence-electron chi connectivity index (χ4n) is 5.36. The number of nitrogens with one attached hydrogen (secondary N) is 1. The standard InChI is InChI=1S/C29H29ClN8O4/c30-20-3-1-18(2-4-20)13-24-31-9-5-26(34-24)41-21-6-10-37(11-7-21)17-25-33-23-14-19(27-35-29(39)42-36-27)15-32-28(23)38(25)16-22-8-12-40-22/h1-5,9,14-15,21-22H,6-8,10-13,16-17H2,(H,35,36,39)/t22-/m0/s1. The van der Waals surface area contributed by atoms with Crippen LogP contribution < -0.4 is 10.5 Å². The summed E-state index contributed by atoms with van der Waals surface area (Å²) in [4.78, 5) is 35.0. The van der Waals surface area contributed by atoms with Gasteiger partial charge in [-0.15, -0.1) is 0 Å². The summed E-state index contributed by atoms with van der Waals surface area (Å²) in [5.74, 6) is 1.97. The Bertz CT molecular complexity index is 1740. The molecule has 12 nitrogen and oxygen atoms in total. The fourth-order valence-corrected chi connectivity index (χ4v) is 5.48. The van der Waals surface area contributed by atoms with Gasteiger partial charge in [0.25, 0.3) is 0 Å². The van der Waals surface area contributed by atoms with E-state index in [1.54, 1.807) is 12.4 Å². The van der Waals surface area contributed by atoms with Crippen LogP contribution in [0.5, 0.6) is 5.88 Å². The lowest BCUT2D eigenvalue weighted by molar-refractivity contribution is -0.0593. The zero-order valence-electron chi connectivity index (χ0n) is 22.8. The van der Waals surface area contributed by atoms with Gasteiger partial charge in [0, 0.05) is 55.2 Å². The second-order valence-corrected chi connectivity index (χ2v) is 11.1. The second-order valence-electron chi connectivity index (χ2n) is 10.6. The molecule has 0 saturated carbocycles. The van der Waals surface area contributed by atoms with E-state index in [2.05, 4.69) is 39.1 Å². The van der Waals surface area contributed by atoms with Gasteiger partial charge in [-0.05, 0) is 43.0 Å². The first-order valence-electron chi connectivity index (χ1n) is 14.0. The topological polar surface area (TPSA) is 137 Å². The van der Waals surface area contributed by atoms with E-state index in [1.165, 1.54) is 0 Å². The number of halogens is 1. The molecule has 13 heteroatoms. The minimum Gasteiger partial charge on any atom is -0.474 e. The van der Waals surface area contributed by atoms with Gasteiger partial charge in [-0.1, -0.05) is 28.9 Å². The molecule has 5 aromatic rings. The van der Waals surface area contributed by atoms with Crippen LogP contribution in [0.1, 0.15) is 36.5 Å². The number of rotatable bonds is 9. The van der Waals surface area contributed by atoms with Gasteiger partial charge >= 0.3 is 5.76 Å². The molecule has 0 unspecified atom stereocenters. The highest BCUT2D eigenvalue weighted by Crippen LogP contribution is 2.25. The Morgan fingerprint density at radius 2 is 1.90 bits per heavy atom. The molecule has 2 fully saturated rings. The molecule has 2 aliphatic rings. The highest BCUT2D eigenvalue weighted by atomic mass is 35.5. The average Bonchev–Trinajstić information content (AvgIpc) is 3.55. The zero-order chi connectivity index (χ0) is 28.5. The van der Waals surface area contributed by atoms with Crippen LogP contribution in [0.4, 0.5) is 0 Å². The second kappa shape index (κ2) is 11.6. The highest BCUT2D eigenvalue weighted by Gasteiger charge is 2.26. The molecule has 1 aromatic carbocycles. The number of hydrogen-bond donors (Lipinski definition) is 1. The van der Waals surface area contributed by atoms with Gasteiger partial charge in [0.05, 0.1) is 19.2 Å². The van der Waals surface area contributed by atoms with Crippen molar-refractivity contribution in [2.24, 2.45) is 0 Å². The number of likely N-dealkylation sites (tertiary alicyclic amines) is 1. The Kier molecular flexibility index (Phi) is 7.41. The van der Waals surface area contributed by atoms with Gasteiger partial charge in [0.1, 0.15) is 23.3 Å². The number of pyridine rings is 1. The third kappa shape index (κ3) is 5.91. The summed E-state index contributed by atoms with van der Waals surface area (Å²) in [5, 5.41) is 4.49. The Labute approximate surface area is 245 Å². The van der Waals surface area contributed by atoms with Crippen molar-refractivity contribution in [1.29, 1.82) is 0 Å². The minimum absolute atomic E-state index is 0.0792. The molecular formula is C29H29ClN8O4. The molecule has 7 rings (SSSR count). The van der Waals surface area contributed by atoms with Gasteiger partial charge < -0.3 is 14.0 Å². The van der Waals surface area contributed by atoms with E-state index >= 15 is 0 Å². The van der Waals surface area contributed by atoms with E-state index in [1.807, 2.05) is 36.4 Å². The van der Waals surface area contributed by atoms with E-state index in [0.29, 0.717) is 47.6 Å². The summed E-state index contributed by atoms with van der Waals surface area (Å²) in [5.41, 5.74) is 3.26. The Morgan fingerprint density at radius 1 is 1.07 bits per heavy atom. The average molecular weight is 589 g/mol. The number of nitrogens with zero attached hydrogens (tertiary/aromatic N) is 7. The third-order valence-electron chi connectivity index (χ3n) is 7.70. The predicted molar refractivity (Wildman–Crippen MR) is 153 cm³/mol. The number of aromatic amines is 1. The molecular weight excluding hydrogens is 560 g/mol. The Hall–Kier alpha value is -4.13. The molecule has 0 aliphatic carbocycles. The summed E-state index contributed by atoms with van der Waals surface area (Å²) < 4.78 is 18.8. The summed E-state index contributed by atoms with van der Waals surface area (Å²) in [6.07, 6.45) is 7.06. The van der Waals surface area contributed by atoms with Crippen molar-refractivity contribution in [2.75, 3.05) is 19.7 Å². The molecule has 0 amide bonds. The number of hydrogen-bond acceptors (Lipinski definition) is 10. The number of fused-ring (bicyclic) bond motifs is 1. The summed E-state index contributed by atoms with van der Waals surface area (Å²) in [6.45, 7) is 3.91. The number of ether oxygens (including phenoxy) is 2. The highest BCUT2D eigenvalue weighted by molar-refractivity contribution is 6.30. The van der Waals surface area contributed by atoms with Gasteiger partial charge in [0.2, 0.25) is 5.88 Å². The van der Waals surface area contributed by atoms with Crippen LogP contribution in [-0.2, 0) is 24.2 Å². The van der Waals surface area contributed by atoms with E-state index in [0.717, 1.165) is 61.5 Å². The zero-order valence-corrected chi connectivity index (χ0v) is 23.5. The van der Waals surface area contributed by atoms with Crippen LogP contribution >= 0.6 is 11.6 Å². The maximum absolute atomic E-state index is 11.4. The summed E-state index contributed by atoms with van der Waals surface area (Å²) in [7, 11) is 0. The van der Waals surface area contributed by atoms with Crippen LogP contribution in [0.15, 0.2) is 58.1 Å². The Balaban J connectivity index is 1.01. The van der Waals surface area contributed by atoms with E-state index in [4.69, 9.17) is 26.1 Å². The normalized spacial score (nSPS) is 17.9. The minimum atomic E-state index is -0.607. The number of imidazole rings is 1. The SMILES string of the molecule is O=c1[nH]c(-c2cnc3c(c2)nc(CN2CCC(Oc4ccnc(Cc5ccc(Cl)cc5)n4)CC2)n3C[C@@H]2CCO2)no1. The first-order valence-corrected chi connectivity index (χ1v) is 14.4. The van der Waals surface area contributed by atoms with Crippen molar-refractivity contribution in [3.8, 4) is 17.3 Å². The molecule has 6 heterocycles. The monoisotopic (exact) mass is 588 g/mol. The van der Waals surface area contributed by atoms with E-state index < -0.39 is 5.76 Å². The van der Waals surface area contributed by atoms with Crippen molar-refractivity contribution >= 4 is 22.8 Å². The maximum Gasteiger partial charge on any atom is 0.439 e. The molecule has 2 saturated heterocycles. The Morgan fingerprint density at radius 3 is 2.64 bits per heavy atom. The first-order chi connectivity index (χ1) is 20.6. The molecule has 1 N–H and O–H groups in total. The molecule has 1 atom stereocenters. The van der Waals surface area contributed by atoms with Crippen molar-refractivity contribution in [3.05, 3.63) is 81.6 Å². The molecule has 2 aliphatic heterocycles. The number of H-pyrrole nitrogens is 1. The molecule has 0 bridgehead atoms. The van der Waals surface area contributed by atoms with E-state index in [-0.39, 0.29) is 12.2 Å². The van der Waals surface area contributed by atoms with Crippen molar-refractivity contribution in [1.82, 2.24) is 39.5 Å². The molecule has 0 spiro atoms. The van der Waals surface area contributed by atoms with Crippen LogP contribution in [0.2, 0.25) is 5.02 Å². The van der Waals surface area contributed by atoms with Gasteiger partial charge in [-0.2, -0.15) is 4.98 Å². The predicted octanol–water partition coefficient (Wildman–Crippen LogP) is 3.64. The van der Waals surface area contributed by atoms with Crippen molar-refractivity contribution in [3.63, 3.8) is 0 Å². The summed E-state index contributed by atoms with van der Waals surface area (Å²) in [6, 6.07) is 11.4. The van der Waals surface area contributed by atoms with Crippen LogP contribution in [0, 0.1) is 0 Å². The lowest BCUT2D eigenvalue weighted by atomic mass is 10.1. The quantitative estimate of drug-likeness (QED) is 0.272. The lowest BCUT2D eigenvalue weighted by Gasteiger charge is -2.32. The molecule has 0 radical (unpaired) electrons. The molecule has 4 aromatic heterocycles. The van der Waals surface area contributed by atoms with Crippen LogP contribution in [-0.4, -0.2) is 71.4 Å². The van der Waals surface area contributed by atoms with Gasteiger partial charge in [-0.3, -0.25) is 14.4 Å².